The van der Waals surface area contributed by atoms with Gasteiger partial charge in [0.1, 0.15) is 5.75 Å². The fourth-order valence-corrected chi connectivity index (χ4v) is 3.58. The van der Waals surface area contributed by atoms with E-state index in [1.54, 1.807) is 7.11 Å². The minimum atomic E-state index is 0.304. The standard InChI is InChI=1S/C22H28N2O2/c1-26-21-9-5-8-19(16-21)17-23-14-12-20-10-11-22(25)24(20)15-13-18-6-3-2-4-7-18/h2-9,16,20,23H,10-15,17H2,1H3. The van der Waals surface area contributed by atoms with E-state index in [1.165, 1.54) is 11.1 Å². The molecule has 0 radical (unpaired) electrons. The molecule has 0 bridgehead atoms. The van der Waals surface area contributed by atoms with E-state index in [2.05, 4.69) is 46.6 Å². The van der Waals surface area contributed by atoms with Crippen LogP contribution in [-0.2, 0) is 17.8 Å². The summed E-state index contributed by atoms with van der Waals surface area (Å²) in [5, 5.41) is 3.50. The molecule has 0 saturated carbocycles. The van der Waals surface area contributed by atoms with Crippen LogP contribution in [0.1, 0.15) is 30.4 Å². The molecule has 2 aromatic rings. The van der Waals surface area contributed by atoms with Crippen molar-refractivity contribution < 1.29 is 9.53 Å². The topological polar surface area (TPSA) is 41.6 Å². The van der Waals surface area contributed by atoms with E-state index in [0.717, 1.165) is 44.6 Å². The molecule has 0 aliphatic carbocycles. The van der Waals surface area contributed by atoms with E-state index >= 15 is 0 Å². The zero-order valence-corrected chi connectivity index (χ0v) is 15.5. The second kappa shape index (κ2) is 9.39. The molecule has 1 fully saturated rings. The van der Waals surface area contributed by atoms with Crippen molar-refractivity contribution in [2.45, 2.75) is 38.3 Å². The molecule has 1 atom stereocenters. The molecule has 0 spiro atoms. The number of carbonyl (C=O) groups is 1. The van der Waals surface area contributed by atoms with Gasteiger partial charge in [0.2, 0.25) is 5.91 Å². The third kappa shape index (κ3) is 5.09. The molecule has 4 heteroatoms. The van der Waals surface area contributed by atoms with Gasteiger partial charge < -0.3 is 15.0 Å². The molecule has 1 aliphatic heterocycles. The Bertz CT molecular complexity index is 702. The first kappa shape index (κ1) is 18.5. The Morgan fingerprint density at radius 3 is 2.73 bits per heavy atom. The lowest BCUT2D eigenvalue weighted by Crippen LogP contribution is -2.36. The van der Waals surface area contributed by atoms with Gasteiger partial charge >= 0.3 is 0 Å². The van der Waals surface area contributed by atoms with Crippen molar-refractivity contribution in [3.05, 3.63) is 65.7 Å². The summed E-state index contributed by atoms with van der Waals surface area (Å²) in [7, 11) is 1.69. The van der Waals surface area contributed by atoms with E-state index in [4.69, 9.17) is 4.74 Å². The van der Waals surface area contributed by atoms with E-state index < -0.39 is 0 Å². The lowest BCUT2D eigenvalue weighted by atomic mass is 10.1. The smallest absolute Gasteiger partial charge is 0.222 e. The van der Waals surface area contributed by atoms with Crippen molar-refractivity contribution in [3.8, 4) is 5.75 Å². The number of methoxy groups -OCH3 is 1. The highest BCUT2D eigenvalue weighted by Gasteiger charge is 2.29. The molecule has 3 rings (SSSR count). The molecule has 1 amide bonds. The summed E-state index contributed by atoms with van der Waals surface area (Å²) >= 11 is 0. The molecule has 1 unspecified atom stereocenters. The highest BCUT2D eigenvalue weighted by molar-refractivity contribution is 5.78. The number of rotatable bonds is 9. The summed E-state index contributed by atoms with van der Waals surface area (Å²) in [4.78, 5) is 14.3. The Balaban J connectivity index is 1.43. The van der Waals surface area contributed by atoms with Crippen LogP contribution < -0.4 is 10.1 Å². The zero-order valence-electron chi connectivity index (χ0n) is 15.5. The number of nitrogens with one attached hydrogen (secondary N) is 1. The normalized spacial score (nSPS) is 16.9. The number of nitrogens with zero attached hydrogens (tertiary/aromatic N) is 1. The van der Waals surface area contributed by atoms with E-state index in [0.29, 0.717) is 18.4 Å². The quantitative estimate of drug-likeness (QED) is 0.703. The summed E-state index contributed by atoms with van der Waals surface area (Å²) in [5.74, 6) is 1.19. The largest absolute Gasteiger partial charge is 0.497 e. The Labute approximate surface area is 156 Å². The van der Waals surface area contributed by atoms with Crippen LogP contribution in [0, 0.1) is 0 Å². The highest BCUT2D eigenvalue weighted by Crippen LogP contribution is 2.21. The zero-order chi connectivity index (χ0) is 18.2. The molecule has 1 heterocycles. The number of carbonyl (C=O) groups excluding carboxylic acids is 1. The van der Waals surface area contributed by atoms with Crippen LogP contribution in [0.2, 0.25) is 0 Å². The van der Waals surface area contributed by atoms with Crippen molar-refractivity contribution >= 4 is 5.91 Å². The van der Waals surface area contributed by atoms with Gasteiger partial charge in [-0.05, 0) is 49.1 Å². The summed E-state index contributed by atoms with van der Waals surface area (Å²) < 4.78 is 5.26. The molecule has 26 heavy (non-hydrogen) atoms. The fourth-order valence-electron chi connectivity index (χ4n) is 3.58. The van der Waals surface area contributed by atoms with Crippen LogP contribution in [0.4, 0.5) is 0 Å². The maximum absolute atomic E-state index is 12.2. The number of amides is 1. The van der Waals surface area contributed by atoms with E-state index in [1.807, 2.05) is 18.2 Å². The first-order chi connectivity index (χ1) is 12.8. The van der Waals surface area contributed by atoms with Gasteiger partial charge in [-0.15, -0.1) is 0 Å². The maximum Gasteiger partial charge on any atom is 0.222 e. The predicted molar refractivity (Wildman–Crippen MR) is 104 cm³/mol. The Morgan fingerprint density at radius 2 is 1.92 bits per heavy atom. The predicted octanol–water partition coefficient (Wildman–Crippen LogP) is 3.41. The van der Waals surface area contributed by atoms with E-state index in [9.17, 15) is 4.79 Å². The molecule has 4 nitrogen and oxygen atoms in total. The fraction of sp³-hybridized carbons (Fsp3) is 0.409. The third-order valence-corrected chi connectivity index (χ3v) is 5.05. The summed E-state index contributed by atoms with van der Waals surface area (Å²) in [5.41, 5.74) is 2.51. The third-order valence-electron chi connectivity index (χ3n) is 5.05. The van der Waals surface area contributed by atoms with Crippen LogP contribution in [0.15, 0.2) is 54.6 Å². The molecule has 138 valence electrons. The van der Waals surface area contributed by atoms with E-state index in [-0.39, 0.29) is 0 Å². The van der Waals surface area contributed by atoms with Crippen molar-refractivity contribution in [3.63, 3.8) is 0 Å². The van der Waals surface area contributed by atoms with Gasteiger partial charge in [0.25, 0.3) is 0 Å². The molecular formula is C22H28N2O2. The summed E-state index contributed by atoms with van der Waals surface area (Å²) in [6.45, 7) is 2.56. The van der Waals surface area contributed by atoms with Gasteiger partial charge in [-0.25, -0.2) is 0 Å². The first-order valence-corrected chi connectivity index (χ1v) is 9.43. The number of ether oxygens (including phenoxy) is 1. The summed E-state index contributed by atoms with van der Waals surface area (Å²) in [6.07, 6.45) is 3.61. The molecule has 0 aromatic heterocycles. The molecule has 1 N–H and O–H groups in total. The Morgan fingerprint density at radius 1 is 1.12 bits per heavy atom. The lowest BCUT2D eigenvalue weighted by molar-refractivity contribution is -0.129. The average Bonchev–Trinajstić information content (AvgIpc) is 3.04. The van der Waals surface area contributed by atoms with Crippen molar-refractivity contribution in [2.24, 2.45) is 0 Å². The van der Waals surface area contributed by atoms with Gasteiger partial charge in [-0.3, -0.25) is 4.79 Å². The molecule has 2 aromatic carbocycles. The minimum Gasteiger partial charge on any atom is -0.497 e. The second-order valence-corrected chi connectivity index (χ2v) is 6.83. The van der Waals surface area contributed by atoms with Crippen LogP contribution in [0.5, 0.6) is 5.75 Å². The van der Waals surface area contributed by atoms with Gasteiger partial charge in [-0.2, -0.15) is 0 Å². The molecule has 1 aliphatic rings. The van der Waals surface area contributed by atoms with Crippen LogP contribution in [-0.4, -0.2) is 37.0 Å². The Kier molecular flexibility index (Phi) is 6.67. The highest BCUT2D eigenvalue weighted by atomic mass is 16.5. The SMILES string of the molecule is COc1cccc(CNCCC2CCC(=O)N2CCc2ccccc2)c1. The van der Waals surface area contributed by atoms with Crippen molar-refractivity contribution in [1.29, 1.82) is 0 Å². The van der Waals surface area contributed by atoms with Gasteiger partial charge in [0, 0.05) is 25.6 Å². The second-order valence-electron chi connectivity index (χ2n) is 6.83. The average molecular weight is 352 g/mol. The monoisotopic (exact) mass is 352 g/mol. The van der Waals surface area contributed by atoms with Crippen LogP contribution in [0.3, 0.4) is 0 Å². The van der Waals surface area contributed by atoms with Gasteiger partial charge in [-0.1, -0.05) is 42.5 Å². The lowest BCUT2D eigenvalue weighted by Gasteiger charge is -2.25. The van der Waals surface area contributed by atoms with Crippen molar-refractivity contribution in [1.82, 2.24) is 10.2 Å². The number of likely N-dealkylation sites (tertiary alicyclic amines) is 1. The first-order valence-electron chi connectivity index (χ1n) is 9.43. The molecular weight excluding hydrogens is 324 g/mol. The number of hydrogen-bond acceptors (Lipinski definition) is 3. The van der Waals surface area contributed by atoms with Crippen LogP contribution >= 0.6 is 0 Å². The van der Waals surface area contributed by atoms with Gasteiger partial charge in [0.15, 0.2) is 0 Å². The number of benzene rings is 2. The summed E-state index contributed by atoms with van der Waals surface area (Å²) in [6, 6.07) is 18.9. The van der Waals surface area contributed by atoms with Crippen LogP contribution in [0.25, 0.3) is 0 Å². The molecule has 1 saturated heterocycles. The number of hydrogen-bond donors (Lipinski definition) is 1. The van der Waals surface area contributed by atoms with Gasteiger partial charge in [0.05, 0.1) is 7.11 Å². The Hall–Kier alpha value is -2.33. The van der Waals surface area contributed by atoms with Crippen molar-refractivity contribution in [2.75, 3.05) is 20.2 Å². The minimum absolute atomic E-state index is 0.304. The maximum atomic E-state index is 12.2.